The Morgan fingerprint density at radius 2 is 1.93 bits per heavy atom. The van der Waals surface area contributed by atoms with Gasteiger partial charge in [-0.3, -0.25) is 4.79 Å². The predicted molar refractivity (Wildman–Crippen MR) is 109 cm³/mol. The van der Waals surface area contributed by atoms with E-state index < -0.39 is 5.97 Å². The molecule has 0 bridgehead atoms. The topological polar surface area (TPSA) is 62.3 Å². The number of H-pyrrole nitrogens is 1. The third kappa shape index (κ3) is 4.28. The van der Waals surface area contributed by atoms with Crippen LogP contribution in [0.3, 0.4) is 0 Å². The monoisotopic (exact) mass is 385 g/mol. The number of fused-ring (bicyclic) bond motifs is 1. The Bertz CT molecular complexity index is 960. The molecule has 2 aromatic carbocycles. The zero-order chi connectivity index (χ0) is 19.6. The molecule has 1 atom stereocenters. The molecule has 0 fully saturated rings. The van der Waals surface area contributed by atoms with Crippen LogP contribution in [-0.4, -0.2) is 23.2 Å². The second kappa shape index (κ2) is 8.05. The maximum atomic E-state index is 11.0. The van der Waals surface area contributed by atoms with Gasteiger partial charge in [0.2, 0.25) is 0 Å². The number of aryl methyl sites for hydroxylation is 1. The molecule has 2 N–H and O–H groups in total. The van der Waals surface area contributed by atoms with Crippen LogP contribution in [-0.2, 0) is 17.6 Å². The molecule has 0 saturated carbocycles. The van der Waals surface area contributed by atoms with Crippen molar-refractivity contribution < 1.29 is 14.6 Å². The van der Waals surface area contributed by atoms with E-state index in [1.807, 2.05) is 43.3 Å². The lowest BCUT2D eigenvalue weighted by Crippen LogP contribution is -2.07. The van der Waals surface area contributed by atoms with E-state index in [4.69, 9.17) is 21.4 Å². The van der Waals surface area contributed by atoms with Gasteiger partial charge in [0.25, 0.3) is 0 Å². The van der Waals surface area contributed by atoms with Crippen molar-refractivity contribution in [2.75, 3.05) is 7.11 Å². The molecule has 0 aliphatic rings. The highest BCUT2D eigenvalue weighted by atomic mass is 35.5. The molecule has 4 nitrogen and oxygen atoms in total. The Morgan fingerprint density at radius 1 is 1.22 bits per heavy atom. The van der Waals surface area contributed by atoms with Crippen molar-refractivity contribution in [1.82, 2.24) is 4.98 Å². The first-order valence-electron chi connectivity index (χ1n) is 9.02. The van der Waals surface area contributed by atoms with Crippen molar-refractivity contribution in [3.05, 3.63) is 63.8 Å². The van der Waals surface area contributed by atoms with Gasteiger partial charge in [-0.05, 0) is 54.7 Å². The molecule has 5 heteroatoms. The minimum atomic E-state index is -0.763. The van der Waals surface area contributed by atoms with E-state index in [1.165, 1.54) is 0 Å². The highest BCUT2D eigenvalue weighted by molar-refractivity contribution is 6.30. The minimum Gasteiger partial charge on any atom is -0.496 e. The number of methoxy groups -OCH3 is 1. The van der Waals surface area contributed by atoms with Crippen LogP contribution in [0.5, 0.6) is 5.75 Å². The van der Waals surface area contributed by atoms with Gasteiger partial charge in [-0.25, -0.2) is 0 Å². The molecular weight excluding hydrogens is 362 g/mol. The second-order valence-electron chi connectivity index (χ2n) is 7.11. The largest absolute Gasteiger partial charge is 0.496 e. The number of rotatable bonds is 7. The summed E-state index contributed by atoms with van der Waals surface area (Å²) in [7, 11) is 1.68. The summed E-state index contributed by atoms with van der Waals surface area (Å²) in [4.78, 5) is 14.5. The van der Waals surface area contributed by atoms with E-state index in [-0.39, 0.29) is 12.3 Å². The molecule has 1 heterocycles. The van der Waals surface area contributed by atoms with Gasteiger partial charge < -0.3 is 14.8 Å². The van der Waals surface area contributed by atoms with Gasteiger partial charge >= 0.3 is 5.97 Å². The molecular formula is C22H24ClNO3. The van der Waals surface area contributed by atoms with E-state index in [2.05, 4.69) is 11.9 Å². The summed E-state index contributed by atoms with van der Waals surface area (Å²) in [6.07, 6.45) is 1.60. The van der Waals surface area contributed by atoms with Crippen molar-refractivity contribution in [3.63, 3.8) is 0 Å². The molecule has 0 aliphatic heterocycles. The lowest BCUT2D eigenvalue weighted by Gasteiger charge is -2.12. The smallest absolute Gasteiger partial charge is 0.303 e. The predicted octanol–water partition coefficient (Wildman–Crippen LogP) is 5.38. The first kappa shape index (κ1) is 19.3. The highest BCUT2D eigenvalue weighted by Gasteiger charge is 2.18. The Hall–Kier alpha value is -2.46. The number of carboxylic acids is 1. The summed E-state index contributed by atoms with van der Waals surface area (Å²) >= 11 is 6.01. The highest BCUT2D eigenvalue weighted by Crippen LogP contribution is 2.34. The Balaban J connectivity index is 2.03. The van der Waals surface area contributed by atoms with Crippen molar-refractivity contribution in [2.24, 2.45) is 5.92 Å². The zero-order valence-corrected chi connectivity index (χ0v) is 16.6. The van der Waals surface area contributed by atoms with Crippen LogP contribution in [0, 0.1) is 12.8 Å². The van der Waals surface area contributed by atoms with Gasteiger partial charge in [0.05, 0.1) is 7.11 Å². The summed E-state index contributed by atoms with van der Waals surface area (Å²) in [5.74, 6) is 0.155. The number of aromatic nitrogens is 1. The fourth-order valence-corrected chi connectivity index (χ4v) is 3.79. The Kier molecular flexibility index (Phi) is 5.76. The standard InChI is InChI=1S/C22H24ClNO3/c1-13(11-21(25)26)10-19-14(2)22-17(12-15-4-6-16(23)7-5-15)20(27-3)9-8-18(22)24-19/h4-9,13,24H,10-12H2,1-3H3,(H,25,26). The molecule has 27 heavy (non-hydrogen) atoms. The van der Waals surface area contributed by atoms with Gasteiger partial charge in [0, 0.05) is 40.0 Å². The van der Waals surface area contributed by atoms with Crippen LogP contribution in [0.4, 0.5) is 0 Å². The molecule has 1 unspecified atom stereocenters. The lowest BCUT2D eigenvalue weighted by molar-refractivity contribution is -0.137. The fourth-order valence-electron chi connectivity index (χ4n) is 3.66. The summed E-state index contributed by atoms with van der Waals surface area (Å²) < 4.78 is 5.63. The number of carbonyl (C=O) groups is 1. The van der Waals surface area contributed by atoms with Crippen LogP contribution < -0.4 is 4.74 Å². The average molecular weight is 386 g/mol. The zero-order valence-electron chi connectivity index (χ0n) is 15.8. The maximum absolute atomic E-state index is 11.0. The van der Waals surface area contributed by atoms with Crippen LogP contribution in [0.2, 0.25) is 5.02 Å². The number of carboxylic acid groups (broad SMARTS) is 1. The third-order valence-electron chi connectivity index (χ3n) is 4.97. The quantitative estimate of drug-likeness (QED) is 0.573. The van der Waals surface area contributed by atoms with E-state index in [0.717, 1.165) is 50.5 Å². The van der Waals surface area contributed by atoms with E-state index in [0.29, 0.717) is 6.42 Å². The van der Waals surface area contributed by atoms with Gasteiger partial charge in [0.15, 0.2) is 0 Å². The molecule has 1 aromatic heterocycles. The number of ether oxygens (including phenoxy) is 1. The van der Waals surface area contributed by atoms with Gasteiger partial charge in [-0.15, -0.1) is 0 Å². The van der Waals surface area contributed by atoms with Crippen LogP contribution in [0.1, 0.15) is 35.7 Å². The molecule has 0 saturated heterocycles. The summed E-state index contributed by atoms with van der Waals surface area (Å²) in [5.41, 5.74) is 5.58. The SMILES string of the molecule is COc1ccc2[nH]c(CC(C)CC(=O)O)c(C)c2c1Cc1ccc(Cl)cc1. The van der Waals surface area contributed by atoms with Gasteiger partial charge in [-0.1, -0.05) is 30.7 Å². The Labute approximate surface area is 164 Å². The minimum absolute atomic E-state index is 0.0656. The molecule has 0 radical (unpaired) electrons. The summed E-state index contributed by atoms with van der Waals surface area (Å²) in [6.45, 7) is 4.06. The first-order valence-corrected chi connectivity index (χ1v) is 9.40. The second-order valence-corrected chi connectivity index (χ2v) is 7.54. The molecule has 0 aliphatic carbocycles. The average Bonchev–Trinajstić information content (AvgIpc) is 2.92. The molecule has 0 amide bonds. The Morgan fingerprint density at radius 3 is 2.56 bits per heavy atom. The number of aromatic amines is 1. The first-order chi connectivity index (χ1) is 12.9. The summed E-state index contributed by atoms with van der Waals surface area (Å²) in [5, 5.41) is 10.9. The lowest BCUT2D eigenvalue weighted by atomic mass is 9.95. The summed E-state index contributed by atoms with van der Waals surface area (Å²) in [6, 6.07) is 11.8. The van der Waals surface area contributed by atoms with E-state index in [1.54, 1.807) is 7.11 Å². The van der Waals surface area contributed by atoms with Crippen molar-refractivity contribution in [2.45, 2.75) is 33.1 Å². The number of benzene rings is 2. The van der Waals surface area contributed by atoms with Crippen LogP contribution >= 0.6 is 11.6 Å². The molecule has 3 rings (SSSR count). The maximum Gasteiger partial charge on any atom is 0.303 e. The number of hydrogen-bond donors (Lipinski definition) is 2. The number of halogens is 1. The van der Waals surface area contributed by atoms with Gasteiger partial charge in [0.1, 0.15) is 5.75 Å². The van der Waals surface area contributed by atoms with E-state index >= 15 is 0 Å². The molecule has 142 valence electrons. The number of aliphatic carboxylic acids is 1. The van der Waals surface area contributed by atoms with Crippen molar-refractivity contribution in [3.8, 4) is 5.75 Å². The molecule has 3 aromatic rings. The third-order valence-corrected chi connectivity index (χ3v) is 5.22. The van der Waals surface area contributed by atoms with Gasteiger partial charge in [-0.2, -0.15) is 0 Å². The molecule has 0 spiro atoms. The van der Waals surface area contributed by atoms with Crippen LogP contribution in [0.25, 0.3) is 10.9 Å². The van der Waals surface area contributed by atoms with Crippen LogP contribution in [0.15, 0.2) is 36.4 Å². The van der Waals surface area contributed by atoms with Crippen molar-refractivity contribution >= 4 is 28.5 Å². The van der Waals surface area contributed by atoms with E-state index in [9.17, 15) is 4.79 Å². The van der Waals surface area contributed by atoms with Crippen molar-refractivity contribution in [1.29, 1.82) is 0 Å². The number of hydrogen-bond acceptors (Lipinski definition) is 2. The number of nitrogens with one attached hydrogen (secondary N) is 1. The fraction of sp³-hybridized carbons (Fsp3) is 0.318. The normalized spacial score (nSPS) is 12.3.